The van der Waals surface area contributed by atoms with Crippen molar-refractivity contribution in [3.05, 3.63) is 35.9 Å². The van der Waals surface area contributed by atoms with Crippen LogP contribution in [0.1, 0.15) is 32.8 Å². The molecule has 1 unspecified atom stereocenters. The molecule has 0 radical (unpaired) electrons. The van der Waals surface area contributed by atoms with Crippen molar-refractivity contribution in [1.29, 1.82) is 0 Å². The van der Waals surface area contributed by atoms with Crippen molar-refractivity contribution >= 4 is 0 Å². The molecule has 0 bridgehead atoms. The lowest BCUT2D eigenvalue weighted by molar-refractivity contribution is -0.114. The van der Waals surface area contributed by atoms with E-state index in [1.54, 1.807) is 0 Å². The Balaban J connectivity index is 3.04. The third-order valence-corrected chi connectivity index (χ3v) is 3.02. The first kappa shape index (κ1) is 12.2. The topological polar surface area (TPSA) is 23.5 Å². The largest absolute Gasteiger partial charge is 0.371 e. The molecular weight excluding hydrogens is 186 g/mol. The summed E-state index contributed by atoms with van der Waals surface area (Å²) in [6.07, 6.45) is 0.707. The molecule has 2 nitrogen and oxygen atoms in total. The van der Waals surface area contributed by atoms with E-state index in [1.807, 2.05) is 37.3 Å². The second kappa shape index (κ2) is 5.29. The molecule has 1 aromatic carbocycles. The second-order valence-electron chi connectivity index (χ2n) is 3.71. The fraction of sp³-hybridized carbons (Fsp3) is 0.538. The number of hydrogen-bond acceptors (Lipinski definition) is 2. The third kappa shape index (κ3) is 2.39. The average molecular weight is 207 g/mol. The van der Waals surface area contributed by atoms with Gasteiger partial charge in [-0.3, -0.25) is 4.90 Å². The van der Waals surface area contributed by atoms with Gasteiger partial charge >= 0.3 is 0 Å². The third-order valence-electron chi connectivity index (χ3n) is 3.02. The Kier molecular flexibility index (Phi) is 4.30. The molecule has 0 aliphatic heterocycles. The van der Waals surface area contributed by atoms with Crippen LogP contribution in [0.15, 0.2) is 30.3 Å². The summed E-state index contributed by atoms with van der Waals surface area (Å²) in [6.45, 7) is 7.89. The summed E-state index contributed by atoms with van der Waals surface area (Å²) in [4.78, 5) is 2.09. The molecule has 0 saturated carbocycles. The molecule has 2 heteroatoms. The Morgan fingerprint density at radius 1 is 1.07 bits per heavy atom. The van der Waals surface area contributed by atoms with Gasteiger partial charge in [0, 0.05) is 0 Å². The van der Waals surface area contributed by atoms with Crippen LogP contribution in [0.2, 0.25) is 0 Å². The quantitative estimate of drug-likeness (QED) is 0.750. The lowest BCUT2D eigenvalue weighted by Crippen LogP contribution is -2.45. The highest BCUT2D eigenvalue weighted by atomic mass is 16.3. The maximum atomic E-state index is 10.7. The molecule has 0 amide bonds. The summed E-state index contributed by atoms with van der Waals surface area (Å²) in [7, 11) is 0. The van der Waals surface area contributed by atoms with E-state index in [0.717, 1.165) is 18.7 Å². The van der Waals surface area contributed by atoms with E-state index in [-0.39, 0.29) is 0 Å². The highest BCUT2D eigenvalue weighted by Crippen LogP contribution is 2.28. The molecule has 84 valence electrons. The molecule has 0 aliphatic rings. The lowest BCUT2D eigenvalue weighted by atomic mass is 9.98. The minimum Gasteiger partial charge on any atom is -0.371 e. The van der Waals surface area contributed by atoms with Gasteiger partial charge in [0.2, 0.25) is 0 Å². The molecule has 15 heavy (non-hydrogen) atoms. The maximum absolute atomic E-state index is 10.7. The summed E-state index contributed by atoms with van der Waals surface area (Å²) >= 11 is 0. The first-order chi connectivity index (χ1) is 7.19. The summed E-state index contributed by atoms with van der Waals surface area (Å²) < 4.78 is 0. The Hall–Kier alpha value is -0.860. The van der Waals surface area contributed by atoms with Gasteiger partial charge in [-0.1, -0.05) is 51.1 Å². The zero-order chi connectivity index (χ0) is 11.3. The summed E-state index contributed by atoms with van der Waals surface area (Å²) in [5.41, 5.74) is 0.168. The van der Waals surface area contributed by atoms with E-state index in [9.17, 15) is 5.11 Å². The van der Waals surface area contributed by atoms with E-state index in [1.165, 1.54) is 0 Å². The Morgan fingerprint density at radius 3 is 2.00 bits per heavy atom. The molecule has 1 N–H and O–H groups in total. The molecule has 1 atom stereocenters. The van der Waals surface area contributed by atoms with Crippen molar-refractivity contribution in [2.75, 3.05) is 13.1 Å². The highest BCUT2D eigenvalue weighted by Gasteiger charge is 2.32. The van der Waals surface area contributed by atoms with Crippen molar-refractivity contribution in [3.8, 4) is 0 Å². The van der Waals surface area contributed by atoms with Crippen LogP contribution in [0.5, 0.6) is 0 Å². The maximum Gasteiger partial charge on any atom is 0.144 e. The van der Waals surface area contributed by atoms with Gasteiger partial charge in [-0.05, 0) is 25.1 Å². The van der Waals surface area contributed by atoms with Gasteiger partial charge in [0.05, 0.1) is 0 Å². The molecule has 0 saturated heterocycles. The van der Waals surface area contributed by atoms with Crippen molar-refractivity contribution in [3.63, 3.8) is 0 Å². The molecule has 0 fully saturated rings. The fourth-order valence-corrected chi connectivity index (χ4v) is 2.06. The number of hydrogen-bond donors (Lipinski definition) is 1. The van der Waals surface area contributed by atoms with E-state index < -0.39 is 5.72 Å². The Labute approximate surface area is 92.5 Å². The van der Waals surface area contributed by atoms with E-state index in [0.29, 0.717) is 6.42 Å². The zero-order valence-electron chi connectivity index (χ0n) is 9.90. The molecule has 0 heterocycles. The summed E-state index contributed by atoms with van der Waals surface area (Å²) in [5, 5.41) is 10.7. The SMILES string of the molecule is CCN(CC)C(O)(CC)c1ccccc1. The second-order valence-corrected chi connectivity index (χ2v) is 3.71. The van der Waals surface area contributed by atoms with Gasteiger partial charge in [0.15, 0.2) is 0 Å². The minimum absolute atomic E-state index is 0.707. The molecular formula is C13H21NO. The Morgan fingerprint density at radius 2 is 1.60 bits per heavy atom. The van der Waals surface area contributed by atoms with Crippen LogP contribution in [0.25, 0.3) is 0 Å². The lowest BCUT2D eigenvalue weighted by Gasteiger charge is -2.38. The molecule has 0 spiro atoms. The molecule has 1 rings (SSSR count). The predicted molar refractivity (Wildman–Crippen MR) is 63.6 cm³/mol. The van der Waals surface area contributed by atoms with Crippen LogP contribution in [-0.2, 0) is 5.72 Å². The minimum atomic E-state index is -0.815. The van der Waals surface area contributed by atoms with Gasteiger partial charge in [-0.25, -0.2) is 0 Å². The van der Waals surface area contributed by atoms with Gasteiger partial charge in [-0.2, -0.15) is 0 Å². The van der Waals surface area contributed by atoms with Crippen LogP contribution in [0.3, 0.4) is 0 Å². The van der Waals surface area contributed by atoms with Gasteiger partial charge in [0.1, 0.15) is 5.72 Å². The highest BCUT2D eigenvalue weighted by molar-refractivity contribution is 5.21. The predicted octanol–water partition coefficient (Wildman–Crippen LogP) is 2.58. The van der Waals surface area contributed by atoms with Crippen LogP contribution >= 0.6 is 0 Å². The van der Waals surface area contributed by atoms with Crippen LogP contribution in [0.4, 0.5) is 0 Å². The number of benzene rings is 1. The molecule has 0 aliphatic carbocycles. The number of aliphatic hydroxyl groups is 1. The van der Waals surface area contributed by atoms with Crippen molar-refractivity contribution < 1.29 is 5.11 Å². The first-order valence-electron chi connectivity index (χ1n) is 5.72. The van der Waals surface area contributed by atoms with Crippen LogP contribution in [-0.4, -0.2) is 23.1 Å². The van der Waals surface area contributed by atoms with E-state index in [4.69, 9.17) is 0 Å². The molecule has 0 aromatic heterocycles. The molecule has 1 aromatic rings. The zero-order valence-corrected chi connectivity index (χ0v) is 9.90. The Bertz CT molecular complexity index is 282. The van der Waals surface area contributed by atoms with E-state index in [2.05, 4.69) is 18.7 Å². The average Bonchev–Trinajstić information content (AvgIpc) is 2.31. The fourth-order valence-electron chi connectivity index (χ4n) is 2.06. The number of rotatable bonds is 5. The monoisotopic (exact) mass is 207 g/mol. The number of nitrogens with zero attached hydrogens (tertiary/aromatic N) is 1. The summed E-state index contributed by atoms with van der Waals surface area (Å²) in [6, 6.07) is 9.89. The van der Waals surface area contributed by atoms with Crippen molar-refractivity contribution in [2.24, 2.45) is 0 Å². The van der Waals surface area contributed by atoms with Gasteiger partial charge in [0.25, 0.3) is 0 Å². The standard InChI is InChI=1S/C13H21NO/c1-4-13(15,14(5-2)6-3)12-10-8-7-9-11-12/h7-11,15H,4-6H2,1-3H3. The first-order valence-corrected chi connectivity index (χ1v) is 5.72. The van der Waals surface area contributed by atoms with Crippen LogP contribution in [0, 0.1) is 0 Å². The van der Waals surface area contributed by atoms with Crippen LogP contribution < -0.4 is 0 Å². The normalized spacial score (nSPS) is 15.3. The van der Waals surface area contributed by atoms with Crippen molar-refractivity contribution in [2.45, 2.75) is 32.9 Å². The van der Waals surface area contributed by atoms with E-state index >= 15 is 0 Å². The smallest absolute Gasteiger partial charge is 0.144 e. The summed E-state index contributed by atoms with van der Waals surface area (Å²) in [5.74, 6) is 0. The van der Waals surface area contributed by atoms with Gasteiger partial charge in [-0.15, -0.1) is 0 Å². The van der Waals surface area contributed by atoms with Crippen molar-refractivity contribution in [1.82, 2.24) is 4.90 Å². The van der Waals surface area contributed by atoms with Gasteiger partial charge < -0.3 is 5.11 Å².